The van der Waals surface area contributed by atoms with Gasteiger partial charge in [-0.15, -0.1) is 0 Å². The molecule has 2 atom stereocenters. The molecule has 3 amide bonds. The molecule has 24 heavy (non-hydrogen) atoms. The number of carboxylic acids is 1. The summed E-state index contributed by atoms with van der Waals surface area (Å²) in [5.74, 6) is -1.61. The first kappa shape index (κ1) is 16.3. The monoisotopic (exact) mass is 331 g/mol. The maximum Gasteiger partial charge on any atom is 0.319 e. The standard InChI is InChI=1S/C17H21N3O4/c1-10-14(16(22)23)7-8-20(10)15(21)11-3-2-4-13(9-11)19-17(24)18-12-5-6-12/h2-4,9-10,12,14H,5-8H2,1H3,(H,22,23)(H2,18,19,24). The van der Waals surface area contributed by atoms with Gasteiger partial charge in [-0.1, -0.05) is 6.07 Å². The molecule has 1 heterocycles. The minimum Gasteiger partial charge on any atom is -0.481 e. The highest BCUT2D eigenvalue weighted by molar-refractivity contribution is 5.97. The highest BCUT2D eigenvalue weighted by Crippen LogP contribution is 2.26. The number of urea groups is 1. The summed E-state index contributed by atoms with van der Waals surface area (Å²) in [6.07, 6.45) is 2.47. The van der Waals surface area contributed by atoms with E-state index in [1.165, 1.54) is 0 Å². The molecule has 0 aromatic heterocycles. The van der Waals surface area contributed by atoms with Crippen LogP contribution in [0.3, 0.4) is 0 Å². The molecule has 2 unspecified atom stereocenters. The maximum atomic E-state index is 12.7. The van der Waals surface area contributed by atoms with Gasteiger partial charge in [0.25, 0.3) is 5.91 Å². The Balaban J connectivity index is 1.67. The van der Waals surface area contributed by atoms with Crippen molar-refractivity contribution in [2.75, 3.05) is 11.9 Å². The molecule has 1 aromatic carbocycles. The second kappa shape index (κ2) is 6.51. The second-order valence-electron chi connectivity index (χ2n) is 6.43. The number of anilines is 1. The summed E-state index contributed by atoms with van der Waals surface area (Å²) < 4.78 is 0. The Morgan fingerprint density at radius 3 is 2.58 bits per heavy atom. The summed E-state index contributed by atoms with van der Waals surface area (Å²) in [5, 5.41) is 14.7. The van der Waals surface area contributed by atoms with E-state index >= 15 is 0 Å². The van der Waals surface area contributed by atoms with E-state index in [9.17, 15) is 19.5 Å². The number of amides is 3. The van der Waals surface area contributed by atoms with Crippen LogP contribution in [0.15, 0.2) is 24.3 Å². The van der Waals surface area contributed by atoms with Crippen molar-refractivity contribution in [3.63, 3.8) is 0 Å². The Morgan fingerprint density at radius 2 is 1.96 bits per heavy atom. The number of carbonyl (C=O) groups is 3. The Hall–Kier alpha value is -2.57. The smallest absolute Gasteiger partial charge is 0.319 e. The molecule has 0 spiro atoms. The summed E-state index contributed by atoms with van der Waals surface area (Å²) in [4.78, 5) is 37.2. The molecule has 1 aromatic rings. The lowest BCUT2D eigenvalue weighted by Gasteiger charge is -2.23. The number of nitrogens with zero attached hydrogens (tertiary/aromatic N) is 1. The molecule has 1 saturated heterocycles. The van der Waals surface area contributed by atoms with Gasteiger partial charge >= 0.3 is 12.0 Å². The van der Waals surface area contributed by atoms with Crippen molar-refractivity contribution < 1.29 is 19.5 Å². The van der Waals surface area contributed by atoms with Crippen LogP contribution in [-0.2, 0) is 4.79 Å². The van der Waals surface area contributed by atoms with Gasteiger partial charge in [0, 0.05) is 29.9 Å². The normalized spacial score (nSPS) is 23.0. The van der Waals surface area contributed by atoms with E-state index in [-0.39, 0.29) is 24.0 Å². The van der Waals surface area contributed by atoms with Crippen LogP contribution < -0.4 is 10.6 Å². The number of rotatable bonds is 4. The lowest BCUT2D eigenvalue weighted by atomic mass is 10.0. The Bertz CT molecular complexity index is 672. The number of likely N-dealkylation sites (tertiary alicyclic amines) is 1. The number of carbonyl (C=O) groups excluding carboxylic acids is 2. The zero-order valence-electron chi connectivity index (χ0n) is 13.5. The first-order valence-corrected chi connectivity index (χ1v) is 8.17. The first-order chi connectivity index (χ1) is 11.5. The third-order valence-corrected chi connectivity index (χ3v) is 4.61. The summed E-state index contributed by atoms with van der Waals surface area (Å²) in [5.41, 5.74) is 0.984. The van der Waals surface area contributed by atoms with Crippen LogP contribution in [0, 0.1) is 5.92 Å². The van der Waals surface area contributed by atoms with Gasteiger partial charge in [0.15, 0.2) is 0 Å². The molecule has 7 nitrogen and oxygen atoms in total. The molecule has 0 bridgehead atoms. The minimum atomic E-state index is -0.870. The lowest BCUT2D eigenvalue weighted by Crippen LogP contribution is -2.37. The van der Waals surface area contributed by atoms with Crippen molar-refractivity contribution in [3.8, 4) is 0 Å². The van der Waals surface area contributed by atoms with E-state index in [4.69, 9.17) is 0 Å². The van der Waals surface area contributed by atoms with Gasteiger partial charge < -0.3 is 20.6 Å². The zero-order valence-corrected chi connectivity index (χ0v) is 13.5. The van der Waals surface area contributed by atoms with Crippen molar-refractivity contribution in [1.82, 2.24) is 10.2 Å². The highest BCUT2D eigenvalue weighted by atomic mass is 16.4. The molecule has 128 valence electrons. The molecule has 2 fully saturated rings. The summed E-state index contributed by atoms with van der Waals surface area (Å²) >= 11 is 0. The molecule has 3 rings (SSSR count). The van der Waals surface area contributed by atoms with Crippen LogP contribution in [0.25, 0.3) is 0 Å². The van der Waals surface area contributed by atoms with Crippen LogP contribution in [0.4, 0.5) is 10.5 Å². The summed E-state index contributed by atoms with van der Waals surface area (Å²) in [6, 6.07) is 6.36. The molecule has 3 N–H and O–H groups in total. The molecule has 1 aliphatic carbocycles. The zero-order chi connectivity index (χ0) is 17.3. The van der Waals surface area contributed by atoms with E-state index < -0.39 is 11.9 Å². The van der Waals surface area contributed by atoms with Gasteiger partial charge in [-0.25, -0.2) is 4.79 Å². The lowest BCUT2D eigenvalue weighted by molar-refractivity contribution is -0.142. The van der Waals surface area contributed by atoms with Gasteiger partial charge in [-0.2, -0.15) is 0 Å². The number of hydrogen-bond acceptors (Lipinski definition) is 3. The van der Waals surface area contributed by atoms with Crippen LogP contribution in [0.2, 0.25) is 0 Å². The third kappa shape index (κ3) is 3.50. The Kier molecular flexibility index (Phi) is 4.42. The van der Waals surface area contributed by atoms with E-state index in [0.717, 1.165) is 12.8 Å². The average Bonchev–Trinajstić information content (AvgIpc) is 3.25. The Labute approximate surface area is 140 Å². The Morgan fingerprint density at radius 1 is 1.21 bits per heavy atom. The van der Waals surface area contributed by atoms with Gasteiger partial charge in [0.2, 0.25) is 0 Å². The minimum absolute atomic E-state index is 0.211. The first-order valence-electron chi connectivity index (χ1n) is 8.17. The fraction of sp³-hybridized carbons (Fsp3) is 0.471. The molecule has 1 aliphatic heterocycles. The number of nitrogens with one attached hydrogen (secondary N) is 2. The second-order valence-corrected chi connectivity index (χ2v) is 6.43. The van der Waals surface area contributed by atoms with E-state index in [2.05, 4.69) is 10.6 Å². The van der Waals surface area contributed by atoms with Gasteiger partial charge in [-0.3, -0.25) is 9.59 Å². The number of hydrogen-bond donors (Lipinski definition) is 3. The molecule has 2 aliphatic rings. The van der Waals surface area contributed by atoms with Crippen molar-refractivity contribution in [3.05, 3.63) is 29.8 Å². The fourth-order valence-corrected chi connectivity index (χ4v) is 3.03. The number of carboxylic acid groups (broad SMARTS) is 1. The van der Waals surface area contributed by atoms with E-state index in [1.807, 2.05) is 0 Å². The highest BCUT2D eigenvalue weighted by Gasteiger charge is 2.38. The molecular weight excluding hydrogens is 310 g/mol. The summed E-state index contributed by atoms with van der Waals surface area (Å²) in [6.45, 7) is 2.19. The topological polar surface area (TPSA) is 98.7 Å². The predicted octanol–water partition coefficient (Wildman–Crippen LogP) is 1.91. The van der Waals surface area contributed by atoms with Crippen LogP contribution >= 0.6 is 0 Å². The SMILES string of the molecule is CC1C(C(=O)O)CCN1C(=O)c1cccc(NC(=O)NC2CC2)c1. The van der Waals surface area contributed by atoms with Crippen molar-refractivity contribution in [2.45, 2.75) is 38.3 Å². The molecule has 1 saturated carbocycles. The van der Waals surface area contributed by atoms with Gasteiger partial charge in [-0.05, 0) is 44.4 Å². The number of benzene rings is 1. The molecule has 0 radical (unpaired) electrons. The van der Waals surface area contributed by atoms with Crippen LogP contribution in [0.1, 0.15) is 36.5 Å². The predicted molar refractivity (Wildman–Crippen MR) is 87.9 cm³/mol. The average molecular weight is 331 g/mol. The van der Waals surface area contributed by atoms with Gasteiger partial charge in [0.1, 0.15) is 0 Å². The molecule has 7 heteroatoms. The van der Waals surface area contributed by atoms with Crippen molar-refractivity contribution >= 4 is 23.6 Å². The fourth-order valence-electron chi connectivity index (χ4n) is 3.03. The maximum absolute atomic E-state index is 12.7. The summed E-state index contributed by atoms with van der Waals surface area (Å²) in [7, 11) is 0. The molecular formula is C17H21N3O4. The van der Waals surface area contributed by atoms with Crippen molar-refractivity contribution in [1.29, 1.82) is 0 Å². The largest absolute Gasteiger partial charge is 0.481 e. The van der Waals surface area contributed by atoms with Crippen LogP contribution in [-0.4, -0.2) is 46.5 Å². The third-order valence-electron chi connectivity index (χ3n) is 4.61. The van der Waals surface area contributed by atoms with E-state index in [0.29, 0.717) is 24.2 Å². The van der Waals surface area contributed by atoms with E-state index in [1.54, 1.807) is 36.1 Å². The van der Waals surface area contributed by atoms with Crippen molar-refractivity contribution in [2.24, 2.45) is 5.92 Å². The number of aliphatic carboxylic acids is 1. The van der Waals surface area contributed by atoms with Crippen LogP contribution in [0.5, 0.6) is 0 Å². The van der Waals surface area contributed by atoms with Gasteiger partial charge in [0.05, 0.1) is 5.92 Å². The quantitative estimate of drug-likeness (QED) is 0.785.